The van der Waals surface area contributed by atoms with E-state index in [2.05, 4.69) is 18.8 Å². The minimum absolute atomic E-state index is 0.0541. The Morgan fingerprint density at radius 2 is 2.09 bits per heavy atom. The van der Waals surface area contributed by atoms with Crippen molar-refractivity contribution in [3.05, 3.63) is 52.0 Å². The van der Waals surface area contributed by atoms with E-state index in [1.54, 1.807) is 6.92 Å². The lowest BCUT2D eigenvalue weighted by Crippen LogP contribution is -2.25. The number of ether oxygens (including phenoxy) is 1. The van der Waals surface area contributed by atoms with Crippen LogP contribution in [-0.2, 0) is 6.54 Å². The van der Waals surface area contributed by atoms with Gasteiger partial charge in [-0.3, -0.25) is 0 Å². The Kier molecular flexibility index (Phi) is 5.33. The van der Waals surface area contributed by atoms with Crippen LogP contribution < -0.4 is 4.74 Å². The smallest absolute Gasteiger partial charge is 0.342 e. The Hall–Kier alpha value is -2.41. The minimum atomic E-state index is -0.873. The number of nitro groups is 1. The van der Waals surface area contributed by atoms with Crippen molar-refractivity contribution in [2.75, 3.05) is 6.61 Å². The van der Waals surface area contributed by atoms with Crippen LogP contribution in [0.25, 0.3) is 0 Å². The number of aliphatic hydroxyl groups is 1. The molecule has 0 spiro atoms. The maximum absolute atomic E-state index is 10.9. The van der Waals surface area contributed by atoms with Gasteiger partial charge >= 0.3 is 5.82 Å². The molecule has 124 valence electrons. The summed E-state index contributed by atoms with van der Waals surface area (Å²) in [5.74, 6) is 1.38. The first-order chi connectivity index (χ1) is 10.9. The van der Waals surface area contributed by atoms with Gasteiger partial charge in [0.1, 0.15) is 31.2 Å². The fourth-order valence-electron chi connectivity index (χ4n) is 2.37. The van der Waals surface area contributed by atoms with Crippen molar-refractivity contribution in [1.29, 1.82) is 0 Å². The van der Waals surface area contributed by atoms with Gasteiger partial charge in [-0.15, -0.1) is 0 Å². The molecular weight excluding hydrogens is 298 g/mol. The molecule has 7 nitrogen and oxygen atoms in total. The number of nitrogens with zero attached hydrogens (tertiary/aromatic N) is 3. The second-order valence-corrected chi connectivity index (χ2v) is 5.69. The van der Waals surface area contributed by atoms with Crippen molar-refractivity contribution in [3.63, 3.8) is 0 Å². The van der Waals surface area contributed by atoms with Crippen LogP contribution in [0.3, 0.4) is 0 Å². The Labute approximate surface area is 134 Å². The van der Waals surface area contributed by atoms with Crippen molar-refractivity contribution in [2.24, 2.45) is 0 Å². The van der Waals surface area contributed by atoms with Gasteiger partial charge in [0.2, 0.25) is 0 Å². The largest absolute Gasteiger partial charge is 0.490 e. The van der Waals surface area contributed by atoms with Crippen LogP contribution in [0.1, 0.15) is 31.2 Å². The molecule has 1 aromatic carbocycles. The molecule has 0 saturated carbocycles. The highest BCUT2D eigenvalue weighted by atomic mass is 16.6. The van der Waals surface area contributed by atoms with Crippen LogP contribution in [0, 0.1) is 17.0 Å². The normalized spacial score (nSPS) is 12.4. The second kappa shape index (κ2) is 7.23. The van der Waals surface area contributed by atoms with E-state index in [4.69, 9.17) is 4.74 Å². The maximum atomic E-state index is 10.9. The fourth-order valence-corrected chi connectivity index (χ4v) is 2.37. The number of hydrogen-bond acceptors (Lipinski definition) is 5. The second-order valence-electron chi connectivity index (χ2n) is 5.69. The summed E-state index contributed by atoms with van der Waals surface area (Å²) in [7, 11) is 0. The summed E-state index contributed by atoms with van der Waals surface area (Å²) < 4.78 is 7.07. The lowest BCUT2D eigenvalue weighted by Gasteiger charge is -2.16. The molecule has 0 saturated heterocycles. The van der Waals surface area contributed by atoms with Crippen molar-refractivity contribution >= 4 is 5.82 Å². The van der Waals surface area contributed by atoms with E-state index in [9.17, 15) is 15.2 Å². The van der Waals surface area contributed by atoms with Gasteiger partial charge in [-0.25, -0.2) is 9.55 Å². The molecule has 2 rings (SSSR count). The number of rotatable bonds is 7. The van der Waals surface area contributed by atoms with Gasteiger partial charge in [-0.2, -0.15) is 0 Å². The number of aliphatic hydroxyl groups excluding tert-OH is 1. The Morgan fingerprint density at radius 3 is 2.74 bits per heavy atom. The van der Waals surface area contributed by atoms with Gasteiger partial charge in [0, 0.05) is 6.92 Å². The zero-order chi connectivity index (χ0) is 17.0. The Bertz CT molecular complexity index is 682. The third-order valence-corrected chi connectivity index (χ3v) is 3.59. The van der Waals surface area contributed by atoms with Crippen LogP contribution in [-0.4, -0.2) is 32.3 Å². The molecule has 0 radical (unpaired) electrons. The van der Waals surface area contributed by atoms with Crippen LogP contribution in [0.4, 0.5) is 5.82 Å². The molecule has 0 fully saturated rings. The number of benzene rings is 1. The molecule has 0 bridgehead atoms. The zero-order valence-corrected chi connectivity index (χ0v) is 13.5. The molecule has 0 aliphatic rings. The van der Waals surface area contributed by atoms with E-state index in [-0.39, 0.29) is 19.0 Å². The zero-order valence-electron chi connectivity index (χ0n) is 13.5. The SMILES string of the molecule is Cc1ncc([N+](=O)[O-])n1CC(O)COc1ccccc1C(C)C. The molecule has 1 heterocycles. The van der Waals surface area contributed by atoms with Gasteiger partial charge < -0.3 is 20.0 Å². The number of aryl methyl sites for hydroxylation is 1. The van der Waals surface area contributed by atoms with E-state index in [1.807, 2.05) is 24.3 Å². The molecule has 2 aromatic rings. The van der Waals surface area contributed by atoms with E-state index in [0.29, 0.717) is 11.7 Å². The van der Waals surface area contributed by atoms with E-state index in [0.717, 1.165) is 11.3 Å². The summed E-state index contributed by atoms with van der Waals surface area (Å²) in [6.45, 7) is 5.91. The third kappa shape index (κ3) is 4.07. The first-order valence-electron chi connectivity index (χ1n) is 7.46. The highest BCUT2D eigenvalue weighted by Gasteiger charge is 2.21. The van der Waals surface area contributed by atoms with Gasteiger partial charge in [0.25, 0.3) is 0 Å². The van der Waals surface area contributed by atoms with Gasteiger partial charge in [0.15, 0.2) is 5.82 Å². The summed E-state index contributed by atoms with van der Waals surface area (Å²) in [5, 5.41) is 21.1. The molecule has 23 heavy (non-hydrogen) atoms. The molecule has 0 aliphatic carbocycles. The standard InChI is InChI=1S/C16H21N3O4/c1-11(2)14-6-4-5-7-15(14)23-10-13(20)9-18-12(3)17-8-16(18)19(21)22/h4-8,11,13,20H,9-10H2,1-3H3. The molecule has 1 atom stereocenters. The predicted octanol–water partition coefficient (Wildman–Crippen LogP) is 2.66. The molecule has 1 N–H and O–H groups in total. The lowest BCUT2D eigenvalue weighted by molar-refractivity contribution is -0.392. The molecule has 0 aliphatic heterocycles. The van der Waals surface area contributed by atoms with Crippen molar-refractivity contribution in [1.82, 2.24) is 9.55 Å². The van der Waals surface area contributed by atoms with Crippen LogP contribution >= 0.6 is 0 Å². The summed E-state index contributed by atoms with van der Waals surface area (Å²) in [6.07, 6.45) is 0.318. The van der Waals surface area contributed by atoms with Crippen LogP contribution in [0.15, 0.2) is 30.5 Å². The quantitative estimate of drug-likeness (QED) is 0.626. The molecule has 1 unspecified atom stereocenters. The summed E-state index contributed by atoms with van der Waals surface area (Å²) >= 11 is 0. The first-order valence-corrected chi connectivity index (χ1v) is 7.46. The maximum Gasteiger partial charge on any atom is 0.342 e. The summed E-state index contributed by atoms with van der Waals surface area (Å²) in [5.41, 5.74) is 1.06. The van der Waals surface area contributed by atoms with Gasteiger partial charge in [-0.1, -0.05) is 32.0 Å². The van der Waals surface area contributed by atoms with E-state index in [1.165, 1.54) is 10.8 Å². The average Bonchev–Trinajstić information content (AvgIpc) is 2.86. The molecule has 0 amide bonds. The van der Waals surface area contributed by atoms with Crippen molar-refractivity contribution in [3.8, 4) is 5.75 Å². The van der Waals surface area contributed by atoms with Crippen molar-refractivity contribution < 1.29 is 14.8 Å². The van der Waals surface area contributed by atoms with E-state index < -0.39 is 11.0 Å². The first kappa shape index (κ1) is 17.0. The highest BCUT2D eigenvalue weighted by molar-refractivity contribution is 5.35. The highest BCUT2D eigenvalue weighted by Crippen LogP contribution is 2.26. The predicted molar refractivity (Wildman–Crippen MR) is 85.7 cm³/mol. The number of para-hydroxylation sites is 1. The average molecular weight is 319 g/mol. The topological polar surface area (TPSA) is 90.4 Å². The fraction of sp³-hybridized carbons (Fsp3) is 0.438. The number of hydrogen-bond donors (Lipinski definition) is 1. The van der Waals surface area contributed by atoms with E-state index >= 15 is 0 Å². The van der Waals surface area contributed by atoms with Gasteiger partial charge in [0.05, 0.1) is 0 Å². The number of imidazole rings is 1. The molecule has 1 aromatic heterocycles. The summed E-state index contributed by atoms with van der Waals surface area (Å²) in [4.78, 5) is 14.4. The van der Waals surface area contributed by atoms with Crippen molar-refractivity contribution in [2.45, 2.75) is 39.3 Å². The Balaban J connectivity index is 2.03. The monoisotopic (exact) mass is 319 g/mol. The van der Waals surface area contributed by atoms with Crippen LogP contribution in [0.2, 0.25) is 0 Å². The number of aromatic nitrogens is 2. The molecular formula is C16H21N3O4. The summed E-state index contributed by atoms with van der Waals surface area (Å²) in [6, 6.07) is 7.65. The minimum Gasteiger partial charge on any atom is -0.490 e. The third-order valence-electron chi connectivity index (χ3n) is 3.59. The lowest BCUT2D eigenvalue weighted by atomic mass is 10.0. The van der Waals surface area contributed by atoms with Crippen LogP contribution in [0.5, 0.6) is 5.75 Å². The Morgan fingerprint density at radius 1 is 1.39 bits per heavy atom. The van der Waals surface area contributed by atoms with Gasteiger partial charge in [-0.05, 0) is 22.5 Å². The molecule has 7 heteroatoms.